The third kappa shape index (κ3) is 2.47. The van der Waals surface area contributed by atoms with Gasteiger partial charge in [0.1, 0.15) is 0 Å². The van der Waals surface area contributed by atoms with Crippen molar-refractivity contribution >= 4 is 15.9 Å². The number of aryl methyl sites for hydroxylation is 2. The topological polar surface area (TPSA) is 23.8 Å². The van der Waals surface area contributed by atoms with Crippen LogP contribution in [0.25, 0.3) is 11.1 Å². The van der Waals surface area contributed by atoms with Crippen LogP contribution >= 0.6 is 15.9 Å². The van der Waals surface area contributed by atoms with Crippen LogP contribution in [-0.2, 0) is 6.42 Å². The Morgan fingerprint density at radius 3 is 2.39 bits per heavy atom. The van der Waals surface area contributed by atoms with E-state index in [9.17, 15) is 0 Å². The fourth-order valence-corrected chi connectivity index (χ4v) is 2.84. The van der Waals surface area contributed by atoms with Crippen molar-refractivity contribution in [2.24, 2.45) is 0 Å². The van der Waals surface area contributed by atoms with Crippen LogP contribution in [0.3, 0.4) is 0 Å². The van der Waals surface area contributed by atoms with E-state index in [1.165, 1.54) is 22.3 Å². The first kappa shape index (κ1) is 12.9. The van der Waals surface area contributed by atoms with E-state index >= 15 is 0 Å². The van der Waals surface area contributed by atoms with Crippen LogP contribution in [0.5, 0.6) is 0 Å². The van der Waals surface area contributed by atoms with E-state index < -0.39 is 0 Å². The molecule has 0 amide bonds. The molecule has 0 aliphatic carbocycles. The lowest BCUT2D eigenvalue weighted by molar-refractivity contribution is 1.13. The Hall–Kier alpha value is -1.59. The van der Waals surface area contributed by atoms with Gasteiger partial charge in [0.15, 0.2) is 0 Å². The molecular weight excluding hydrogens is 286 g/mol. The third-order valence-electron chi connectivity index (χ3n) is 3.07. The van der Waals surface area contributed by atoms with Crippen molar-refractivity contribution < 1.29 is 0 Å². The highest BCUT2D eigenvalue weighted by atomic mass is 79.9. The molecule has 0 N–H and O–H groups in total. The minimum absolute atomic E-state index is 0.701. The number of hydrogen-bond donors (Lipinski definition) is 0. The summed E-state index contributed by atoms with van der Waals surface area (Å²) in [7, 11) is 0. The molecule has 0 heterocycles. The van der Waals surface area contributed by atoms with Crippen molar-refractivity contribution in [1.82, 2.24) is 0 Å². The summed E-state index contributed by atoms with van der Waals surface area (Å²) in [6.45, 7) is 4.28. The van der Waals surface area contributed by atoms with Gasteiger partial charge in [-0.25, -0.2) is 0 Å². The zero-order valence-electron chi connectivity index (χ0n) is 10.5. The second-order valence-corrected chi connectivity index (χ2v) is 5.22. The summed E-state index contributed by atoms with van der Waals surface area (Å²) in [6.07, 6.45) is 0.996. The first-order valence-electron chi connectivity index (χ1n) is 5.95. The lowest BCUT2D eigenvalue weighted by Crippen LogP contribution is -1.92. The molecule has 2 aromatic rings. The fraction of sp³-hybridized carbons (Fsp3) is 0.188. The molecule has 0 bridgehead atoms. The Kier molecular flexibility index (Phi) is 3.84. The minimum atomic E-state index is 0.701. The molecule has 90 valence electrons. The molecule has 2 aromatic carbocycles. The first-order chi connectivity index (χ1) is 8.65. The summed E-state index contributed by atoms with van der Waals surface area (Å²) in [5.74, 6) is 0. The normalized spacial score (nSPS) is 10.1. The van der Waals surface area contributed by atoms with Gasteiger partial charge in [-0.3, -0.25) is 0 Å². The average Bonchev–Trinajstić information content (AvgIpc) is 2.38. The van der Waals surface area contributed by atoms with Gasteiger partial charge in [0.2, 0.25) is 0 Å². The molecule has 0 aliphatic rings. The van der Waals surface area contributed by atoms with E-state index in [0.717, 1.165) is 10.9 Å². The minimum Gasteiger partial charge on any atom is -0.192 e. The fourth-order valence-electron chi connectivity index (χ4n) is 2.22. The van der Waals surface area contributed by atoms with Gasteiger partial charge in [0.05, 0.1) is 11.6 Å². The predicted octanol–water partition coefficient (Wildman–Crippen LogP) is 4.86. The maximum atomic E-state index is 8.83. The second kappa shape index (κ2) is 5.37. The maximum Gasteiger partial charge on any atom is 0.0991 e. The van der Waals surface area contributed by atoms with Gasteiger partial charge in [0.25, 0.3) is 0 Å². The highest BCUT2D eigenvalue weighted by Crippen LogP contribution is 2.31. The number of hydrogen-bond acceptors (Lipinski definition) is 1. The Balaban J connectivity index is 2.59. The molecule has 18 heavy (non-hydrogen) atoms. The van der Waals surface area contributed by atoms with Crippen LogP contribution in [0.1, 0.15) is 23.6 Å². The van der Waals surface area contributed by atoms with Crippen molar-refractivity contribution in [2.45, 2.75) is 20.3 Å². The highest BCUT2D eigenvalue weighted by molar-refractivity contribution is 9.10. The Morgan fingerprint density at radius 2 is 1.83 bits per heavy atom. The Morgan fingerprint density at radius 1 is 1.17 bits per heavy atom. The van der Waals surface area contributed by atoms with Crippen molar-refractivity contribution in [2.75, 3.05) is 0 Å². The highest BCUT2D eigenvalue weighted by Gasteiger charge is 2.08. The molecule has 0 spiro atoms. The van der Waals surface area contributed by atoms with E-state index in [-0.39, 0.29) is 0 Å². The van der Waals surface area contributed by atoms with E-state index in [1.54, 1.807) is 0 Å². The van der Waals surface area contributed by atoms with Crippen molar-refractivity contribution in [3.05, 3.63) is 57.6 Å². The van der Waals surface area contributed by atoms with Crippen LogP contribution in [-0.4, -0.2) is 0 Å². The molecule has 2 heteroatoms. The summed E-state index contributed by atoms with van der Waals surface area (Å²) in [6, 6.07) is 14.2. The molecule has 0 aromatic heterocycles. The monoisotopic (exact) mass is 299 g/mol. The molecule has 0 radical (unpaired) electrons. The third-order valence-corrected chi connectivity index (χ3v) is 3.52. The van der Waals surface area contributed by atoms with Gasteiger partial charge in [-0.05, 0) is 59.9 Å². The van der Waals surface area contributed by atoms with E-state index in [2.05, 4.69) is 48.0 Å². The molecule has 0 saturated carbocycles. The Labute approximate surface area is 116 Å². The Bertz CT molecular complexity index is 606. The summed E-state index contributed by atoms with van der Waals surface area (Å²) in [4.78, 5) is 0. The van der Waals surface area contributed by atoms with Gasteiger partial charge >= 0.3 is 0 Å². The van der Waals surface area contributed by atoms with Crippen molar-refractivity contribution in [1.29, 1.82) is 5.26 Å². The summed E-state index contributed by atoms with van der Waals surface area (Å²) in [5.41, 5.74) is 5.74. The summed E-state index contributed by atoms with van der Waals surface area (Å²) >= 11 is 3.54. The molecule has 0 unspecified atom stereocenters. The van der Waals surface area contributed by atoms with E-state index in [1.807, 2.05) is 24.3 Å². The molecule has 0 aliphatic heterocycles. The lowest BCUT2D eigenvalue weighted by atomic mass is 9.93. The molecule has 0 saturated heterocycles. The van der Waals surface area contributed by atoms with Crippen molar-refractivity contribution in [3.63, 3.8) is 0 Å². The van der Waals surface area contributed by atoms with Crippen LogP contribution in [0.4, 0.5) is 0 Å². The largest absolute Gasteiger partial charge is 0.192 e. The molecule has 2 rings (SSSR count). The SMILES string of the molecule is CCc1cc(Br)cc(C)c1-c1ccc(C#N)cc1. The predicted molar refractivity (Wildman–Crippen MR) is 78.4 cm³/mol. The summed E-state index contributed by atoms with van der Waals surface area (Å²) < 4.78 is 1.12. The zero-order chi connectivity index (χ0) is 13.1. The second-order valence-electron chi connectivity index (χ2n) is 4.30. The van der Waals surface area contributed by atoms with Gasteiger partial charge in [0, 0.05) is 4.47 Å². The standard InChI is InChI=1S/C16H14BrN/c1-3-13-9-15(17)8-11(2)16(13)14-6-4-12(10-18)5-7-14/h4-9H,3H2,1-2H3. The number of rotatable bonds is 2. The molecule has 0 atom stereocenters. The molecule has 1 nitrogen and oxygen atoms in total. The van der Waals surface area contributed by atoms with Gasteiger partial charge in [-0.15, -0.1) is 0 Å². The summed E-state index contributed by atoms with van der Waals surface area (Å²) in [5, 5.41) is 8.83. The first-order valence-corrected chi connectivity index (χ1v) is 6.74. The molecular formula is C16H14BrN. The van der Waals surface area contributed by atoms with Crippen LogP contribution in [0.15, 0.2) is 40.9 Å². The lowest BCUT2D eigenvalue weighted by Gasteiger charge is -2.13. The quantitative estimate of drug-likeness (QED) is 0.777. The van der Waals surface area contributed by atoms with Gasteiger partial charge in [-0.2, -0.15) is 5.26 Å². The smallest absolute Gasteiger partial charge is 0.0991 e. The van der Waals surface area contributed by atoms with Crippen LogP contribution in [0, 0.1) is 18.3 Å². The van der Waals surface area contributed by atoms with Crippen LogP contribution < -0.4 is 0 Å². The van der Waals surface area contributed by atoms with E-state index in [0.29, 0.717) is 5.56 Å². The zero-order valence-corrected chi connectivity index (χ0v) is 12.1. The van der Waals surface area contributed by atoms with Gasteiger partial charge in [-0.1, -0.05) is 35.0 Å². The van der Waals surface area contributed by atoms with Crippen molar-refractivity contribution in [3.8, 4) is 17.2 Å². The number of benzene rings is 2. The number of halogens is 1. The number of nitrogens with zero attached hydrogens (tertiary/aromatic N) is 1. The van der Waals surface area contributed by atoms with Gasteiger partial charge < -0.3 is 0 Å². The maximum absolute atomic E-state index is 8.83. The average molecular weight is 300 g/mol. The van der Waals surface area contributed by atoms with E-state index in [4.69, 9.17) is 5.26 Å². The molecule has 0 fully saturated rings. The van der Waals surface area contributed by atoms with Crippen LogP contribution in [0.2, 0.25) is 0 Å². The number of nitriles is 1.